The predicted molar refractivity (Wildman–Crippen MR) is 65.3 cm³/mol. The Bertz CT molecular complexity index is 345. The molecule has 1 aromatic rings. The van der Waals surface area contributed by atoms with Crippen molar-refractivity contribution in [2.75, 3.05) is 37.7 Å². The van der Waals surface area contributed by atoms with E-state index >= 15 is 0 Å². The number of rotatable bonds is 3. The maximum atomic E-state index is 5.67. The number of aryl methyl sites for hydroxylation is 1. The number of hydrogen-bond donors (Lipinski definition) is 2. The maximum absolute atomic E-state index is 5.67. The monoisotopic (exact) mass is 221 g/mol. The van der Waals surface area contributed by atoms with Gasteiger partial charge in [-0.05, 0) is 32.9 Å². The zero-order valence-corrected chi connectivity index (χ0v) is 9.90. The van der Waals surface area contributed by atoms with Crippen LogP contribution < -0.4 is 11.1 Å². The van der Waals surface area contributed by atoms with Gasteiger partial charge < -0.3 is 16.0 Å². The molecule has 5 heteroatoms. The van der Waals surface area contributed by atoms with Crippen molar-refractivity contribution in [3.8, 4) is 0 Å². The average Bonchev–Trinajstić information content (AvgIpc) is 2.60. The highest BCUT2D eigenvalue weighted by Gasteiger charge is 2.18. The Morgan fingerprint density at radius 3 is 3.00 bits per heavy atom. The second-order valence-electron chi connectivity index (χ2n) is 4.52. The van der Waals surface area contributed by atoms with Crippen LogP contribution in [0.3, 0.4) is 0 Å². The van der Waals surface area contributed by atoms with Gasteiger partial charge in [0, 0.05) is 19.2 Å². The van der Waals surface area contributed by atoms with Gasteiger partial charge in [-0.3, -0.25) is 0 Å². The molecule has 0 aromatic carbocycles. The molecule has 0 aliphatic carbocycles. The molecule has 1 aliphatic heterocycles. The molecule has 0 saturated carbocycles. The van der Waals surface area contributed by atoms with E-state index in [2.05, 4.69) is 27.2 Å². The van der Waals surface area contributed by atoms with Gasteiger partial charge in [0.25, 0.3) is 0 Å². The van der Waals surface area contributed by atoms with Crippen LogP contribution in [-0.4, -0.2) is 41.5 Å². The number of hydrogen-bond acceptors (Lipinski definition) is 5. The molecular weight excluding hydrogens is 202 g/mol. The number of aromatic nitrogens is 2. The van der Waals surface area contributed by atoms with Crippen LogP contribution in [0.15, 0.2) is 6.07 Å². The summed E-state index contributed by atoms with van der Waals surface area (Å²) in [6.45, 7) is 5.16. The Morgan fingerprint density at radius 1 is 1.56 bits per heavy atom. The summed E-state index contributed by atoms with van der Waals surface area (Å²) in [6, 6.07) is 1.78. The van der Waals surface area contributed by atoms with Gasteiger partial charge in [0.05, 0.1) is 0 Å². The lowest BCUT2D eigenvalue weighted by atomic mass is 10.1. The lowest BCUT2D eigenvalue weighted by molar-refractivity contribution is 0.399. The Morgan fingerprint density at radius 2 is 2.38 bits per heavy atom. The third-order valence-electron chi connectivity index (χ3n) is 2.92. The first-order chi connectivity index (χ1) is 7.63. The Kier molecular flexibility index (Phi) is 3.24. The summed E-state index contributed by atoms with van der Waals surface area (Å²) in [5.74, 6) is 2.78. The molecule has 1 aliphatic rings. The number of nitrogens with zero attached hydrogens (tertiary/aromatic N) is 3. The highest BCUT2D eigenvalue weighted by molar-refractivity contribution is 5.44. The van der Waals surface area contributed by atoms with Crippen molar-refractivity contribution in [1.29, 1.82) is 0 Å². The fraction of sp³-hybridized carbons (Fsp3) is 0.636. The molecular formula is C11H19N5. The van der Waals surface area contributed by atoms with Crippen molar-refractivity contribution < 1.29 is 0 Å². The van der Waals surface area contributed by atoms with Crippen LogP contribution in [0, 0.1) is 12.8 Å². The van der Waals surface area contributed by atoms with E-state index in [0.29, 0.717) is 17.6 Å². The molecule has 88 valence electrons. The minimum absolute atomic E-state index is 0.526. The second kappa shape index (κ2) is 4.65. The third-order valence-corrected chi connectivity index (χ3v) is 2.92. The molecule has 2 heterocycles. The lowest BCUT2D eigenvalue weighted by Crippen LogP contribution is -2.19. The molecule has 0 spiro atoms. The van der Waals surface area contributed by atoms with Crippen LogP contribution >= 0.6 is 0 Å². The molecule has 0 bridgehead atoms. The lowest BCUT2D eigenvalue weighted by Gasteiger charge is -2.12. The van der Waals surface area contributed by atoms with E-state index in [1.54, 1.807) is 6.07 Å². The Hall–Kier alpha value is -1.36. The number of nitrogens with one attached hydrogen (secondary N) is 1. The fourth-order valence-electron chi connectivity index (χ4n) is 2.12. The van der Waals surface area contributed by atoms with E-state index in [-0.39, 0.29) is 0 Å². The zero-order valence-electron chi connectivity index (χ0n) is 9.90. The van der Waals surface area contributed by atoms with Crippen LogP contribution in [-0.2, 0) is 0 Å². The van der Waals surface area contributed by atoms with Gasteiger partial charge >= 0.3 is 0 Å². The average molecular weight is 221 g/mol. The van der Waals surface area contributed by atoms with E-state index in [1.807, 2.05) is 6.92 Å². The quantitative estimate of drug-likeness (QED) is 0.787. The molecule has 16 heavy (non-hydrogen) atoms. The molecule has 0 amide bonds. The summed E-state index contributed by atoms with van der Waals surface area (Å²) >= 11 is 0. The largest absolute Gasteiger partial charge is 0.384 e. The third kappa shape index (κ3) is 2.82. The SMILES string of the molecule is Cc1nc(N)cc(NCC2CCN(C)C2)n1. The van der Waals surface area contributed by atoms with Gasteiger partial charge in [0.2, 0.25) is 0 Å². The van der Waals surface area contributed by atoms with E-state index in [4.69, 9.17) is 5.73 Å². The smallest absolute Gasteiger partial charge is 0.131 e. The zero-order chi connectivity index (χ0) is 11.5. The minimum atomic E-state index is 0.526. The van der Waals surface area contributed by atoms with Crippen LogP contribution in [0.25, 0.3) is 0 Å². The van der Waals surface area contributed by atoms with Gasteiger partial charge in [-0.1, -0.05) is 0 Å². The van der Waals surface area contributed by atoms with Gasteiger partial charge in [-0.25, -0.2) is 9.97 Å². The summed E-state index contributed by atoms with van der Waals surface area (Å²) < 4.78 is 0. The molecule has 3 N–H and O–H groups in total. The predicted octanol–water partition coefficient (Wildman–Crippen LogP) is 0.731. The van der Waals surface area contributed by atoms with Crippen LogP contribution in [0.4, 0.5) is 11.6 Å². The number of anilines is 2. The van der Waals surface area contributed by atoms with Crippen molar-refractivity contribution in [3.63, 3.8) is 0 Å². The molecule has 1 unspecified atom stereocenters. The number of nitrogens with two attached hydrogens (primary N) is 1. The normalized spacial score (nSPS) is 21.2. The van der Waals surface area contributed by atoms with Gasteiger partial charge in [-0.15, -0.1) is 0 Å². The van der Waals surface area contributed by atoms with Crippen molar-refractivity contribution in [3.05, 3.63) is 11.9 Å². The summed E-state index contributed by atoms with van der Waals surface area (Å²) in [5.41, 5.74) is 5.67. The van der Waals surface area contributed by atoms with Crippen LogP contribution in [0.1, 0.15) is 12.2 Å². The van der Waals surface area contributed by atoms with Gasteiger partial charge in [-0.2, -0.15) is 0 Å². The number of likely N-dealkylation sites (tertiary alicyclic amines) is 1. The first kappa shape index (κ1) is 11.1. The summed E-state index contributed by atoms with van der Waals surface area (Å²) in [7, 11) is 2.16. The topological polar surface area (TPSA) is 67.1 Å². The van der Waals surface area contributed by atoms with E-state index in [9.17, 15) is 0 Å². The molecule has 2 rings (SSSR count). The summed E-state index contributed by atoms with van der Waals surface area (Å²) in [6.07, 6.45) is 1.25. The Balaban J connectivity index is 1.89. The maximum Gasteiger partial charge on any atom is 0.131 e. The highest BCUT2D eigenvalue weighted by Crippen LogP contribution is 2.15. The van der Waals surface area contributed by atoms with Gasteiger partial charge in [0.1, 0.15) is 17.5 Å². The number of nitrogen functional groups attached to an aromatic ring is 1. The Labute approximate surface area is 96.1 Å². The van der Waals surface area contributed by atoms with E-state index < -0.39 is 0 Å². The van der Waals surface area contributed by atoms with Crippen molar-refractivity contribution in [2.45, 2.75) is 13.3 Å². The highest BCUT2D eigenvalue weighted by atomic mass is 15.1. The van der Waals surface area contributed by atoms with E-state index in [1.165, 1.54) is 13.0 Å². The first-order valence-electron chi connectivity index (χ1n) is 5.67. The van der Waals surface area contributed by atoms with Crippen LogP contribution in [0.5, 0.6) is 0 Å². The van der Waals surface area contributed by atoms with Crippen molar-refractivity contribution in [1.82, 2.24) is 14.9 Å². The molecule has 1 saturated heterocycles. The van der Waals surface area contributed by atoms with Crippen molar-refractivity contribution in [2.24, 2.45) is 5.92 Å². The van der Waals surface area contributed by atoms with E-state index in [0.717, 1.165) is 18.9 Å². The molecule has 5 nitrogen and oxygen atoms in total. The molecule has 0 radical (unpaired) electrons. The van der Waals surface area contributed by atoms with Crippen molar-refractivity contribution >= 4 is 11.6 Å². The molecule has 1 aromatic heterocycles. The first-order valence-corrected chi connectivity index (χ1v) is 5.67. The van der Waals surface area contributed by atoms with Crippen LogP contribution in [0.2, 0.25) is 0 Å². The fourth-order valence-corrected chi connectivity index (χ4v) is 2.12. The standard InChI is InChI=1S/C11H19N5/c1-8-14-10(12)5-11(15-8)13-6-9-3-4-16(2)7-9/h5,9H,3-4,6-7H2,1-2H3,(H3,12,13,14,15). The second-order valence-corrected chi connectivity index (χ2v) is 4.52. The molecule has 1 atom stereocenters. The minimum Gasteiger partial charge on any atom is -0.384 e. The summed E-state index contributed by atoms with van der Waals surface area (Å²) in [4.78, 5) is 10.7. The van der Waals surface area contributed by atoms with Gasteiger partial charge in [0.15, 0.2) is 0 Å². The molecule has 1 fully saturated rings. The summed E-state index contributed by atoms with van der Waals surface area (Å²) in [5, 5.41) is 3.33.